The van der Waals surface area contributed by atoms with Crippen LogP contribution in [-0.4, -0.2) is 15.1 Å². The van der Waals surface area contributed by atoms with Gasteiger partial charge in [-0.15, -0.1) is 0 Å². The van der Waals surface area contributed by atoms with E-state index in [-0.39, 0.29) is 5.76 Å². The van der Waals surface area contributed by atoms with Crippen LogP contribution in [0.1, 0.15) is 11.3 Å². The zero-order chi connectivity index (χ0) is 17.9. The Hall–Kier alpha value is -2.98. The van der Waals surface area contributed by atoms with E-state index < -0.39 is 0 Å². The molecule has 0 spiro atoms. The quantitative estimate of drug-likeness (QED) is 0.420. The first kappa shape index (κ1) is 16.5. The lowest BCUT2D eigenvalue weighted by Crippen LogP contribution is -1.95. The molecular formula is C22H15BrN2O. The molecule has 0 bridgehead atoms. The average molecular weight is 403 g/mol. The summed E-state index contributed by atoms with van der Waals surface area (Å²) in [5.74, 6) is 0.161. The fourth-order valence-corrected chi connectivity index (χ4v) is 3.02. The first-order valence-electron chi connectivity index (χ1n) is 8.19. The Morgan fingerprint density at radius 1 is 0.769 bits per heavy atom. The van der Waals surface area contributed by atoms with Crippen LogP contribution in [-0.2, 0) is 0 Å². The van der Waals surface area contributed by atoms with Gasteiger partial charge in [-0.1, -0.05) is 70.5 Å². The van der Waals surface area contributed by atoms with Gasteiger partial charge in [-0.05, 0) is 24.3 Å². The number of nitrogens with zero attached hydrogens (tertiary/aromatic N) is 2. The summed E-state index contributed by atoms with van der Waals surface area (Å²) in [4.78, 5) is 9.52. The molecular weight excluding hydrogens is 388 g/mol. The van der Waals surface area contributed by atoms with Crippen molar-refractivity contribution in [3.8, 4) is 11.3 Å². The molecule has 126 valence electrons. The number of hydrogen-bond acceptors (Lipinski definition) is 3. The van der Waals surface area contributed by atoms with Crippen LogP contribution in [0.15, 0.2) is 83.3 Å². The molecule has 1 heterocycles. The highest BCUT2D eigenvalue weighted by molar-refractivity contribution is 9.10. The number of aromatic nitrogens is 2. The second-order valence-corrected chi connectivity index (χ2v) is 6.76. The molecule has 0 unspecified atom stereocenters. The third-order valence-corrected chi connectivity index (χ3v) is 4.59. The van der Waals surface area contributed by atoms with E-state index in [0.717, 1.165) is 32.3 Å². The Labute approximate surface area is 159 Å². The van der Waals surface area contributed by atoms with Crippen molar-refractivity contribution >= 4 is 38.8 Å². The number of benzene rings is 3. The molecule has 3 nitrogen and oxygen atoms in total. The molecule has 3 aromatic carbocycles. The van der Waals surface area contributed by atoms with Gasteiger partial charge in [-0.2, -0.15) is 0 Å². The minimum Gasteiger partial charge on any atom is -0.507 e. The summed E-state index contributed by atoms with van der Waals surface area (Å²) in [6, 6.07) is 25.1. The van der Waals surface area contributed by atoms with Gasteiger partial charge < -0.3 is 5.11 Å². The van der Waals surface area contributed by atoms with Crippen LogP contribution in [0.4, 0.5) is 0 Å². The number of rotatable bonds is 3. The van der Waals surface area contributed by atoms with E-state index in [0.29, 0.717) is 5.69 Å². The van der Waals surface area contributed by atoms with Crippen LogP contribution < -0.4 is 0 Å². The lowest BCUT2D eigenvalue weighted by molar-refractivity contribution is 0.515. The van der Waals surface area contributed by atoms with E-state index in [1.165, 1.54) is 0 Å². The third-order valence-electron chi connectivity index (χ3n) is 4.06. The van der Waals surface area contributed by atoms with Crippen molar-refractivity contribution in [2.24, 2.45) is 0 Å². The minimum atomic E-state index is 0.161. The van der Waals surface area contributed by atoms with Gasteiger partial charge in [0, 0.05) is 21.7 Å². The van der Waals surface area contributed by atoms with E-state index >= 15 is 0 Å². The third kappa shape index (κ3) is 3.37. The Bertz CT molecular complexity index is 1090. The predicted molar refractivity (Wildman–Crippen MR) is 110 cm³/mol. The molecule has 0 amide bonds. The maximum atomic E-state index is 10.5. The normalized spacial score (nSPS) is 11.7. The maximum Gasteiger partial charge on any atom is 0.125 e. The van der Waals surface area contributed by atoms with Gasteiger partial charge in [0.05, 0.1) is 22.4 Å². The molecule has 0 atom stereocenters. The summed E-state index contributed by atoms with van der Waals surface area (Å²) < 4.78 is 0.999. The zero-order valence-corrected chi connectivity index (χ0v) is 15.4. The number of para-hydroxylation sites is 2. The summed E-state index contributed by atoms with van der Waals surface area (Å²) >= 11 is 3.46. The van der Waals surface area contributed by atoms with Crippen molar-refractivity contribution in [1.29, 1.82) is 0 Å². The van der Waals surface area contributed by atoms with Crippen molar-refractivity contribution in [1.82, 2.24) is 9.97 Å². The van der Waals surface area contributed by atoms with Gasteiger partial charge in [0.15, 0.2) is 0 Å². The van der Waals surface area contributed by atoms with E-state index in [1.807, 2.05) is 78.9 Å². The smallest absolute Gasteiger partial charge is 0.125 e. The van der Waals surface area contributed by atoms with Crippen molar-refractivity contribution in [2.75, 3.05) is 0 Å². The molecule has 4 rings (SSSR count). The predicted octanol–water partition coefficient (Wildman–Crippen LogP) is 6.12. The van der Waals surface area contributed by atoms with Gasteiger partial charge in [0.1, 0.15) is 5.76 Å². The Morgan fingerprint density at radius 3 is 2.08 bits per heavy atom. The van der Waals surface area contributed by atoms with Crippen LogP contribution in [0.5, 0.6) is 0 Å². The summed E-state index contributed by atoms with van der Waals surface area (Å²) in [5, 5.41) is 10.5. The van der Waals surface area contributed by atoms with E-state index in [4.69, 9.17) is 9.97 Å². The molecule has 0 aliphatic heterocycles. The topological polar surface area (TPSA) is 46.0 Å². The van der Waals surface area contributed by atoms with Gasteiger partial charge in [0.2, 0.25) is 0 Å². The number of aliphatic hydroxyl groups is 1. The van der Waals surface area contributed by atoms with Gasteiger partial charge in [-0.3, -0.25) is 0 Å². The van der Waals surface area contributed by atoms with E-state index in [1.54, 1.807) is 6.08 Å². The molecule has 0 aliphatic carbocycles. The molecule has 26 heavy (non-hydrogen) atoms. The molecule has 0 fully saturated rings. The van der Waals surface area contributed by atoms with Crippen LogP contribution in [0.3, 0.4) is 0 Å². The van der Waals surface area contributed by atoms with Crippen LogP contribution in [0, 0.1) is 0 Å². The summed E-state index contributed by atoms with van der Waals surface area (Å²) in [7, 11) is 0. The second kappa shape index (κ2) is 7.10. The minimum absolute atomic E-state index is 0.161. The standard InChI is InChI=1S/C22H15BrN2O/c23-17-12-10-16(11-13-17)22-20(14-21(26)15-6-2-1-3-7-15)24-18-8-4-5-9-19(18)25-22/h1-14,26H/b21-14-. The average Bonchev–Trinajstić information content (AvgIpc) is 2.69. The van der Waals surface area contributed by atoms with Crippen LogP contribution in [0.2, 0.25) is 0 Å². The van der Waals surface area contributed by atoms with Gasteiger partial charge >= 0.3 is 0 Å². The Kier molecular flexibility index (Phi) is 4.50. The monoisotopic (exact) mass is 402 g/mol. The highest BCUT2D eigenvalue weighted by atomic mass is 79.9. The highest BCUT2D eigenvalue weighted by Gasteiger charge is 2.11. The van der Waals surface area contributed by atoms with Crippen molar-refractivity contribution in [3.63, 3.8) is 0 Å². The lowest BCUT2D eigenvalue weighted by atomic mass is 10.1. The number of halogens is 1. The molecule has 0 saturated carbocycles. The molecule has 4 aromatic rings. The van der Waals surface area contributed by atoms with Gasteiger partial charge in [0.25, 0.3) is 0 Å². The van der Waals surface area contributed by atoms with E-state index in [9.17, 15) is 5.11 Å². The fraction of sp³-hybridized carbons (Fsp3) is 0. The largest absolute Gasteiger partial charge is 0.507 e. The first-order chi connectivity index (χ1) is 12.7. The van der Waals surface area contributed by atoms with Crippen LogP contribution >= 0.6 is 15.9 Å². The zero-order valence-electron chi connectivity index (χ0n) is 13.8. The molecule has 0 radical (unpaired) electrons. The summed E-state index contributed by atoms with van der Waals surface area (Å²) in [5.41, 5.74) is 4.66. The second-order valence-electron chi connectivity index (χ2n) is 5.85. The Morgan fingerprint density at radius 2 is 1.38 bits per heavy atom. The highest BCUT2D eigenvalue weighted by Crippen LogP contribution is 2.27. The number of aliphatic hydroxyl groups excluding tert-OH is 1. The first-order valence-corrected chi connectivity index (χ1v) is 8.99. The molecule has 4 heteroatoms. The molecule has 0 saturated heterocycles. The lowest BCUT2D eigenvalue weighted by Gasteiger charge is -2.09. The summed E-state index contributed by atoms with van der Waals surface area (Å²) in [6.07, 6.45) is 1.67. The Balaban J connectivity index is 1.91. The maximum absolute atomic E-state index is 10.5. The van der Waals surface area contributed by atoms with Crippen molar-refractivity contribution in [2.45, 2.75) is 0 Å². The molecule has 0 aliphatic rings. The number of fused-ring (bicyclic) bond motifs is 1. The molecule has 1 N–H and O–H groups in total. The van der Waals surface area contributed by atoms with Crippen molar-refractivity contribution < 1.29 is 5.11 Å². The number of hydrogen-bond donors (Lipinski definition) is 1. The fourth-order valence-electron chi connectivity index (χ4n) is 2.76. The van der Waals surface area contributed by atoms with Crippen LogP contribution in [0.25, 0.3) is 34.1 Å². The van der Waals surface area contributed by atoms with Gasteiger partial charge in [-0.25, -0.2) is 9.97 Å². The van der Waals surface area contributed by atoms with Crippen molar-refractivity contribution in [3.05, 3.63) is 94.6 Å². The van der Waals surface area contributed by atoms with E-state index in [2.05, 4.69) is 15.9 Å². The molecule has 1 aromatic heterocycles. The SMILES string of the molecule is O/C(=C\c1nc2ccccc2nc1-c1ccc(Br)cc1)c1ccccc1. The summed E-state index contributed by atoms with van der Waals surface area (Å²) in [6.45, 7) is 0.